The predicted molar refractivity (Wildman–Crippen MR) is 143 cm³/mol. The molecule has 3 rings (SSSR count). The lowest BCUT2D eigenvalue weighted by Gasteiger charge is -2.42. The lowest BCUT2D eigenvalue weighted by Crippen LogP contribution is -2.32. The highest BCUT2D eigenvalue weighted by atomic mass is 31.0. The molecule has 2 fully saturated rings. The summed E-state index contributed by atoms with van der Waals surface area (Å²) in [6.07, 6.45) is 15.7. The maximum absolute atomic E-state index is 10.1. The van der Waals surface area contributed by atoms with Gasteiger partial charge in [0.05, 0.1) is 12.2 Å². The van der Waals surface area contributed by atoms with Gasteiger partial charge >= 0.3 is 0 Å². The van der Waals surface area contributed by atoms with Gasteiger partial charge in [0.2, 0.25) is 0 Å². The van der Waals surface area contributed by atoms with Gasteiger partial charge in [0.25, 0.3) is 0 Å². The average molecular weight is 461 g/mol. The van der Waals surface area contributed by atoms with Crippen LogP contribution in [0.4, 0.5) is 0 Å². The van der Waals surface area contributed by atoms with Crippen molar-refractivity contribution in [3.05, 3.63) is 47.1 Å². The molecule has 0 aliphatic heterocycles. The van der Waals surface area contributed by atoms with Gasteiger partial charge < -0.3 is 10.2 Å². The second kappa shape index (κ2) is 11.6. The van der Waals surface area contributed by atoms with Crippen LogP contribution in [0, 0.1) is 22.7 Å². The van der Waals surface area contributed by atoms with Crippen LogP contribution in [0.2, 0.25) is 0 Å². The molecule has 182 valence electrons. The van der Waals surface area contributed by atoms with Crippen LogP contribution >= 0.6 is 9.24 Å². The zero-order valence-electron chi connectivity index (χ0n) is 21.6. The Hall–Kier alpha value is -0.690. The number of hydrogen-bond acceptors (Lipinski definition) is 2. The molecule has 0 amide bonds. The predicted octanol–water partition coefficient (Wildman–Crippen LogP) is 7.39. The van der Waals surface area contributed by atoms with Crippen molar-refractivity contribution in [2.75, 3.05) is 6.66 Å². The summed E-state index contributed by atoms with van der Waals surface area (Å²) in [5.41, 5.74) is 5.77. The Labute approximate surface area is 200 Å². The van der Waals surface area contributed by atoms with Crippen molar-refractivity contribution in [2.24, 2.45) is 22.7 Å². The van der Waals surface area contributed by atoms with Crippen molar-refractivity contribution in [1.82, 2.24) is 0 Å². The van der Waals surface area contributed by atoms with Crippen LogP contribution in [0.3, 0.4) is 0 Å². The van der Waals surface area contributed by atoms with Gasteiger partial charge in [-0.1, -0.05) is 83.7 Å². The Morgan fingerprint density at radius 3 is 2.59 bits per heavy atom. The molecule has 0 aromatic heterocycles. The van der Waals surface area contributed by atoms with E-state index in [9.17, 15) is 10.2 Å². The van der Waals surface area contributed by atoms with Gasteiger partial charge in [-0.05, 0) is 78.8 Å². The van der Waals surface area contributed by atoms with Gasteiger partial charge in [-0.25, -0.2) is 0 Å². The van der Waals surface area contributed by atoms with Crippen molar-refractivity contribution in [1.29, 1.82) is 0 Å². The minimum absolute atomic E-state index is 0.298. The number of allylic oxidation sites excluding steroid dienone is 5. The Balaban J connectivity index is 0.00000176. The maximum atomic E-state index is 10.1. The van der Waals surface area contributed by atoms with Crippen LogP contribution in [0.25, 0.3) is 0 Å². The molecule has 0 saturated heterocycles. The molecule has 2 nitrogen and oxygen atoms in total. The van der Waals surface area contributed by atoms with E-state index in [4.69, 9.17) is 0 Å². The molecule has 0 heterocycles. The van der Waals surface area contributed by atoms with Crippen molar-refractivity contribution in [2.45, 2.75) is 105 Å². The molecule has 32 heavy (non-hydrogen) atoms. The molecule has 0 aromatic carbocycles. The van der Waals surface area contributed by atoms with Crippen molar-refractivity contribution < 1.29 is 10.2 Å². The summed E-state index contributed by atoms with van der Waals surface area (Å²) in [6.45, 7) is 18.0. The fraction of sp³-hybridized carbons (Fsp3) is 0.724. The smallest absolute Gasteiger partial charge is 0.0811 e. The zero-order valence-corrected chi connectivity index (χ0v) is 22.7. The molecule has 0 radical (unpaired) electrons. The first-order chi connectivity index (χ1) is 15.0. The summed E-state index contributed by atoms with van der Waals surface area (Å²) >= 11 is 0. The minimum Gasteiger partial charge on any atom is -0.393 e. The number of aliphatic hydroxyl groups is 2. The van der Waals surface area contributed by atoms with E-state index in [1.165, 1.54) is 38.5 Å². The molecule has 3 aliphatic carbocycles. The van der Waals surface area contributed by atoms with Crippen molar-refractivity contribution in [3.8, 4) is 0 Å². The van der Waals surface area contributed by atoms with E-state index in [-0.39, 0.29) is 0 Å². The van der Waals surface area contributed by atoms with Gasteiger partial charge in [-0.2, -0.15) is 0 Å². The first kappa shape index (κ1) is 27.6. The van der Waals surface area contributed by atoms with E-state index < -0.39 is 12.2 Å². The molecule has 5 unspecified atom stereocenters. The number of rotatable bonds is 5. The molecular formula is C29H49O2P. The zero-order chi connectivity index (χ0) is 24.1. The first-order valence-electron chi connectivity index (χ1n) is 12.7. The van der Waals surface area contributed by atoms with E-state index in [1.807, 2.05) is 6.66 Å². The Morgan fingerprint density at radius 1 is 1.25 bits per heavy atom. The van der Waals surface area contributed by atoms with Crippen LogP contribution in [0.15, 0.2) is 47.1 Å². The normalized spacial score (nSPS) is 34.1. The van der Waals surface area contributed by atoms with Crippen LogP contribution < -0.4 is 0 Å². The minimum atomic E-state index is -0.608. The number of aliphatic hydroxyl groups excluding tert-OH is 2. The summed E-state index contributed by atoms with van der Waals surface area (Å²) in [4.78, 5) is 0. The van der Waals surface area contributed by atoms with Gasteiger partial charge in [0.1, 0.15) is 0 Å². The largest absolute Gasteiger partial charge is 0.393 e. The van der Waals surface area contributed by atoms with Crippen molar-refractivity contribution in [3.63, 3.8) is 0 Å². The topological polar surface area (TPSA) is 40.5 Å². The fourth-order valence-corrected chi connectivity index (χ4v) is 6.17. The quantitative estimate of drug-likeness (QED) is 0.332. The average Bonchev–Trinajstić information content (AvgIpc) is 3.07. The third-order valence-electron chi connectivity index (χ3n) is 7.97. The third kappa shape index (κ3) is 6.68. The number of hydrogen-bond donors (Lipinski definition) is 2. The standard InChI is InChI=1S/C28H44O2.CH5P/c1-19(9-7-15-27(3,4)5)24-13-14-25-21(10-8-16-28(24,25)6)11-12-22-17-23(29)18-26(30)20(22)2;1-2/h11-13,19,23,25-26,29-30H,2,7-10,14-18H2,1,3-6H3;2H2,1H3/b21-11+,22-12-;/t19-,23?,25?,26?,28?;/m1./s1. The van der Waals surface area contributed by atoms with Gasteiger partial charge in [-0.15, -0.1) is 9.24 Å². The molecule has 6 atom stereocenters. The van der Waals surface area contributed by atoms with Gasteiger partial charge in [0, 0.05) is 6.42 Å². The van der Waals surface area contributed by atoms with Crippen LogP contribution in [0.1, 0.15) is 92.4 Å². The lowest BCUT2D eigenvalue weighted by atomic mass is 9.62. The summed E-state index contributed by atoms with van der Waals surface area (Å²) in [7, 11) is 2.42. The van der Waals surface area contributed by atoms with Gasteiger partial charge in [0.15, 0.2) is 0 Å². The molecule has 0 aromatic rings. The second-order valence-electron chi connectivity index (χ2n) is 11.6. The monoisotopic (exact) mass is 460 g/mol. The highest BCUT2D eigenvalue weighted by Gasteiger charge is 2.45. The molecular weight excluding hydrogens is 411 g/mol. The third-order valence-corrected chi connectivity index (χ3v) is 7.97. The van der Waals surface area contributed by atoms with E-state index in [0.29, 0.717) is 35.5 Å². The van der Waals surface area contributed by atoms with E-state index >= 15 is 0 Å². The maximum Gasteiger partial charge on any atom is 0.0811 e. The van der Waals surface area contributed by atoms with Crippen LogP contribution in [0.5, 0.6) is 0 Å². The summed E-state index contributed by atoms with van der Waals surface area (Å²) in [6, 6.07) is 0. The van der Waals surface area contributed by atoms with Crippen molar-refractivity contribution >= 4 is 9.24 Å². The van der Waals surface area contributed by atoms with Crippen LogP contribution in [-0.2, 0) is 0 Å². The molecule has 2 N–H and O–H groups in total. The van der Waals surface area contributed by atoms with Crippen LogP contribution in [-0.4, -0.2) is 29.1 Å². The summed E-state index contributed by atoms with van der Waals surface area (Å²) in [5, 5.41) is 20.2. The van der Waals surface area contributed by atoms with E-state index in [1.54, 1.807) is 11.1 Å². The molecule has 2 saturated carbocycles. The second-order valence-corrected chi connectivity index (χ2v) is 11.6. The Kier molecular flexibility index (Phi) is 10.0. The number of fused-ring (bicyclic) bond motifs is 1. The highest BCUT2D eigenvalue weighted by Crippen LogP contribution is 2.57. The van der Waals surface area contributed by atoms with E-state index in [0.717, 1.165) is 17.6 Å². The van der Waals surface area contributed by atoms with Gasteiger partial charge in [-0.3, -0.25) is 0 Å². The Morgan fingerprint density at radius 2 is 1.94 bits per heavy atom. The Bertz CT molecular complexity index is 739. The highest BCUT2D eigenvalue weighted by molar-refractivity contribution is 7.15. The van der Waals surface area contributed by atoms with E-state index in [2.05, 4.69) is 68.7 Å². The summed E-state index contributed by atoms with van der Waals surface area (Å²) < 4.78 is 0. The lowest BCUT2D eigenvalue weighted by molar-refractivity contribution is 0.0862. The fourth-order valence-electron chi connectivity index (χ4n) is 6.17. The molecule has 3 heteroatoms. The first-order valence-corrected chi connectivity index (χ1v) is 13.9. The molecule has 3 aliphatic rings. The summed E-state index contributed by atoms with van der Waals surface area (Å²) in [5.74, 6) is 1.28. The molecule has 0 bridgehead atoms. The molecule has 0 spiro atoms. The SMILES string of the molecule is C=C1/C(=C\C=C2/CCCC3(C)C([C@H](C)CCCC(C)(C)C)=CCC23)CC(O)CC1O.CP.